The summed E-state index contributed by atoms with van der Waals surface area (Å²) in [6.07, 6.45) is 0.664. The molecule has 8 rings (SSSR count). The molecule has 60 heavy (non-hydrogen) atoms. The number of hydrogen-bond donors (Lipinski definition) is 2. The highest BCUT2D eigenvalue weighted by molar-refractivity contribution is 6.33. The van der Waals surface area contributed by atoms with E-state index in [0.717, 1.165) is 33.4 Å². The summed E-state index contributed by atoms with van der Waals surface area (Å²) >= 11 is 12.8. The molecule has 4 aromatic carbocycles. The number of amides is 2. The third-order valence-corrected chi connectivity index (χ3v) is 11.5. The van der Waals surface area contributed by atoms with Crippen LogP contribution in [-0.2, 0) is 25.9 Å². The largest absolute Gasteiger partial charge is 0.501 e. The lowest BCUT2D eigenvalue weighted by Gasteiger charge is -2.34. The van der Waals surface area contributed by atoms with Crippen molar-refractivity contribution in [3.63, 3.8) is 0 Å². The fourth-order valence-corrected chi connectivity index (χ4v) is 8.29. The lowest BCUT2D eigenvalue weighted by atomic mass is 9.97. The summed E-state index contributed by atoms with van der Waals surface area (Å²) in [5.41, 5.74) is 3.95. The highest BCUT2D eigenvalue weighted by atomic mass is 35.5. The topological polar surface area (TPSA) is 151 Å². The summed E-state index contributed by atoms with van der Waals surface area (Å²) in [5, 5.41) is 21.9. The van der Waals surface area contributed by atoms with Gasteiger partial charge in [-0.1, -0.05) is 108 Å². The average molecular weight is 848 g/mol. The normalized spacial score (nSPS) is 13.6. The summed E-state index contributed by atoms with van der Waals surface area (Å²) in [4.78, 5) is 62.1. The first-order chi connectivity index (χ1) is 28.8. The molecule has 2 aromatic heterocycles. The highest BCUT2D eigenvalue weighted by Crippen LogP contribution is 2.34. The van der Waals surface area contributed by atoms with E-state index < -0.39 is 22.6 Å². The zero-order chi connectivity index (χ0) is 42.8. The molecular weight excluding hydrogens is 803 g/mol. The molecule has 0 fully saturated rings. The van der Waals surface area contributed by atoms with Crippen LogP contribution < -0.4 is 11.1 Å². The van der Waals surface area contributed by atoms with E-state index in [9.17, 15) is 29.4 Å². The molecule has 0 saturated carbocycles. The average Bonchev–Trinajstić information content (AvgIpc) is 3.22. The molecule has 12 nitrogen and oxygen atoms in total. The molecular formula is C46H44Cl2N6O6. The second-order valence-electron chi connectivity index (χ2n) is 15.2. The fourth-order valence-electron chi connectivity index (χ4n) is 7.81. The fraction of sp³-hybridized carbons (Fsp3) is 0.261. The first kappa shape index (κ1) is 41.9. The van der Waals surface area contributed by atoms with Crippen molar-refractivity contribution in [1.82, 2.24) is 28.9 Å². The van der Waals surface area contributed by atoms with Crippen LogP contribution in [0.15, 0.2) is 107 Å². The number of carbonyl (C=O) groups is 2. The number of nitrogens with zero attached hydrogens (tertiary/aromatic N) is 6. The number of fused-ring (bicyclic) bond motifs is 2. The minimum absolute atomic E-state index is 0.0141. The molecule has 0 bridgehead atoms. The number of aromatic nitrogens is 4. The van der Waals surface area contributed by atoms with Crippen LogP contribution in [0.4, 0.5) is 0 Å². The van der Waals surface area contributed by atoms with E-state index in [1.165, 1.54) is 0 Å². The van der Waals surface area contributed by atoms with Crippen LogP contribution in [0.3, 0.4) is 0 Å². The van der Waals surface area contributed by atoms with Crippen LogP contribution in [0.25, 0.3) is 22.3 Å². The summed E-state index contributed by atoms with van der Waals surface area (Å²) in [5.74, 6) is -0.988. The van der Waals surface area contributed by atoms with Crippen molar-refractivity contribution in [2.45, 2.75) is 65.7 Å². The molecule has 2 N–H and O–H groups in total. The van der Waals surface area contributed by atoms with Gasteiger partial charge in [0.1, 0.15) is 11.6 Å². The molecule has 6 aromatic rings. The summed E-state index contributed by atoms with van der Waals surface area (Å²) in [6.45, 7) is 9.54. The molecule has 2 amide bonds. The Hall–Kier alpha value is -6.24. The van der Waals surface area contributed by atoms with Gasteiger partial charge in [0.05, 0.1) is 0 Å². The maximum atomic E-state index is 12.9. The van der Waals surface area contributed by atoms with Crippen molar-refractivity contribution < 1.29 is 19.8 Å². The maximum absolute atomic E-state index is 12.9. The van der Waals surface area contributed by atoms with Gasteiger partial charge in [0.15, 0.2) is 11.4 Å². The molecule has 0 saturated heterocycles. The van der Waals surface area contributed by atoms with Crippen LogP contribution in [0.2, 0.25) is 10.0 Å². The monoisotopic (exact) mass is 846 g/mol. The Morgan fingerprint density at radius 2 is 0.850 bits per heavy atom. The zero-order valence-electron chi connectivity index (χ0n) is 33.6. The number of aromatic hydroxyl groups is 2. The van der Waals surface area contributed by atoms with Gasteiger partial charge in [-0.15, -0.1) is 0 Å². The Morgan fingerprint density at radius 3 is 1.20 bits per heavy atom. The van der Waals surface area contributed by atoms with Crippen molar-refractivity contribution in [2.75, 3.05) is 13.1 Å². The molecule has 0 atom stereocenters. The van der Waals surface area contributed by atoms with Crippen molar-refractivity contribution in [3.8, 4) is 33.8 Å². The molecule has 308 valence electrons. The van der Waals surface area contributed by atoms with E-state index in [1.54, 1.807) is 18.9 Å². The lowest BCUT2D eigenvalue weighted by molar-refractivity contribution is 0.0629. The molecule has 4 heterocycles. The zero-order valence-corrected chi connectivity index (χ0v) is 35.1. The molecule has 0 unspecified atom stereocenters. The Kier molecular flexibility index (Phi) is 12.3. The van der Waals surface area contributed by atoms with Gasteiger partial charge < -0.3 is 29.1 Å². The van der Waals surface area contributed by atoms with Gasteiger partial charge >= 0.3 is 11.1 Å². The van der Waals surface area contributed by atoms with E-state index in [2.05, 4.69) is 9.97 Å². The Bertz CT molecular complexity index is 2560. The third-order valence-electron chi connectivity index (χ3n) is 10.8. The quantitative estimate of drug-likeness (QED) is 0.160. The van der Waals surface area contributed by atoms with E-state index in [1.807, 2.05) is 125 Å². The Morgan fingerprint density at radius 1 is 0.517 bits per heavy atom. The number of benzene rings is 4. The number of halogens is 2. The lowest BCUT2D eigenvalue weighted by Crippen LogP contribution is -2.46. The molecule has 0 spiro atoms. The van der Waals surface area contributed by atoms with E-state index >= 15 is 0 Å². The van der Waals surface area contributed by atoms with Gasteiger partial charge in [-0.25, -0.2) is 0 Å². The second-order valence-corrected chi connectivity index (χ2v) is 16.0. The van der Waals surface area contributed by atoms with Crippen molar-refractivity contribution in [3.05, 3.63) is 162 Å². The van der Waals surface area contributed by atoms with Crippen molar-refractivity contribution in [1.29, 1.82) is 0 Å². The summed E-state index contributed by atoms with van der Waals surface area (Å²) < 4.78 is 3.34. The smallest absolute Gasteiger partial charge is 0.315 e. The van der Waals surface area contributed by atoms with E-state index in [0.29, 0.717) is 60.7 Å². The predicted octanol–water partition coefficient (Wildman–Crippen LogP) is 7.45. The summed E-state index contributed by atoms with van der Waals surface area (Å²) in [7, 11) is 0. The molecule has 0 aliphatic carbocycles. The molecule has 2 aliphatic heterocycles. The SMILES string of the molecule is CC(C)N1CCn2c(Cc3ccccc3-c3ccccc3Cl)nc(=O)c(O)c2C1=O.CC(C)N1CCn2c(Cc3ccccc3-c3ccccc3Cl)nc(=O)c(O)c2C1=O. The molecule has 2 aliphatic rings. The standard InChI is InChI=1S/2C23H22ClN3O3/c2*1-14(2)26-11-12-27-19(25-22(29)21(28)20(27)23(26)30)13-15-7-3-4-8-16(15)17-9-5-6-10-18(17)24/h2*3-10,14,28H,11-13H2,1-2H3. The van der Waals surface area contributed by atoms with Crippen molar-refractivity contribution in [2.24, 2.45) is 0 Å². The van der Waals surface area contributed by atoms with Crippen LogP contribution in [-0.4, -0.2) is 76.1 Å². The van der Waals surface area contributed by atoms with Gasteiger partial charge in [-0.2, -0.15) is 9.97 Å². The number of carbonyl (C=O) groups excluding carboxylic acids is 2. The van der Waals surface area contributed by atoms with Crippen LogP contribution in [0.5, 0.6) is 11.5 Å². The molecule has 14 heteroatoms. The van der Waals surface area contributed by atoms with Gasteiger partial charge in [-0.05, 0) is 62.1 Å². The van der Waals surface area contributed by atoms with Crippen LogP contribution in [0, 0.1) is 0 Å². The first-order valence-corrected chi connectivity index (χ1v) is 20.4. The maximum Gasteiger partial charge on any atom is 0.315 e. The van der Waals surface area contributed by atoms with Crippen molar-refractivity contribution >= 4 is 35.0 Å². The highest BCUT2D eigenvalue weighted by Gasteiger charge is 2.33. The third kappa shape index (κ3) is 8.17. The van der Waals surface area contributed by atoms with E-state index in [4.69, 9.17) is 23.2 Å². The Balaban J connectivity index is 0.000000181. The van der Waals surface area contributed by atoms with Gasteiger partial charge in [-0.3, -0.25) is 19.2 Å². The minimum atomic E-state index is -0.787. The van der Waals surface area contributed by atoms with Gasteiger partial charge in [0.25, 0.3) is 11.8 Å². The first-order valence-electron chi connectivity index (χ1n) is 19.7. The Labute approximate surface area is 356 Å². The van der Waals surface area contributed by atoms with Gasteiger partial charge in [0.2, 0.25) is 11.5 Å². The van der Waals surface area contributed by atoms with E-state index in [-0.39, 0.29) is 35.3 Å². The van der Waals surface area contributed by atoms with Gasteiger partial charge in [0, 0.05) is 72.3 Å². The van der Waals surface area contributed by atoms with Crippen LogP contribution in [0.1, 0.15) is 71.4 Å². The second kappa shape index (κ2) is 17.5. The van der Waals surface area contributed by atoms with Crippen LogP contribution >= 0.6 is 23.2 Å². The number of rotatable bonds is 8. The molecule has 0 radical (unpaired) electrons. The predicted molar refractivity (Wildman–Crippen MR) is 232 cm³/mol. The summed E-state index contributed by atoms with van der Waals surface area (Å²) in [6, 6.07) is 30.6. The number of hydrogen-bond acceptors (Lipinski definition) is 8. The minimum Gasteiger partial charge on any atom is -0.501 e.